The van der Waals surface area contributed by atoms with Gasteiger partial charge >= 0.3 is 0 Å². The van der Waals surface area contributed by atoms with Crippen LogP contribution in [-0.2, 0) is 0 Å². The first-order valence-electron chi connectivity index (χ1n) is 9.23. The van der Waals surface area contributed by atoms with Crippen molar-refractivity contribution in [1.82, 2.24) is 10.2 Å². The molecule has 0 radical (unpaired) electrons. The molecule has 1 saturated heterocycles. The zero-order valence-electron chi connectivity index (χ0n) is 14.0. The molecular weight excluding hydrogens is 244 g/mol. The molecule has 2 rings (SSSR count). The van der Waals surface area contributed by atoms with Crippen molar-refractivity contribution in [1.29, 1.82) is 0 Å². The van der Waals surface area contributed by atoms with Gasteiger partial charge in [0.25, 0.3) is 0 Å². The van der Waals surface area contributed by atoms with Gasteiger partial charge in [-0.1, -0.05) is 33.1 Å². The lowest BCUT2D eigenvalue weighted by Gasteiger charge is -2.40. The van der Waals surface area contributed by atoms with E-state index < -0.39 is 0 Å². The Kier molecular flexibility index (Phi) is 6.83. The van der Waals surface area contributed by atoms with Crippen molar-refractivity contribution in [2.75, 3.05) is 19.6 Å². The molecule has 4 atom stereocenters. The van der Waals surface area contributed by atoms with Crippen LogP contribution in [0.4, 0.5) is 0 Å². The van der Waals surface area contributed by atoms with Crippen LogP contribution >= 0.6 is 0 Å². The molecule has 1 saturated carbocycles. The molecule has 0 aromatic rings. The molecule has 118 valence electrons. The molecule has 0 amide bonds. The van der Waals surface area contributed by atoms with Gasteiger partial charge in [-0.25, -0.2) is 0 Å². The molecule has 1 N–H and O–H groups in total. The van der Waals surface area contributed by atoms with Crippen molar-refractivity contribution in [3.8, 4) is 0 Å². The molecule has 1 aliphatic heterocycles. The standard InChI is InChI=1S/C18H36N2/c1-4-12-20-13-8-10-17(14-20)15(3)19-18-11-7-6-9-16(18)5-2/h15-19H,4-14H2,1-3H3. The minimum absolute atomic E-state index is 0.701. The predicted octanol–water partition coefficient (Wildman–Crippen LogP) is 4.06. The van der Waals surface area contributed by atoms with E-state index in [1.54, 1.807) is 0 Å². The average molecular weight is 280 g/mol. The molecule has 1 heterocycles. The molecule has 0 bridgehead atoms. The Morgan fingerprint density at radius 3 is 2.65 bits per heavy atom. The van der Waals surface area contributed by atoms with E-state index in [1.807, 2.05) is 0 Å². The second-order valence-corrected chi connectivity index (χ2v) is 7.22. The summed E-state index contributed by atoms with van der Waals surface area (Å²) in [5.74, 6) is 1.80. The monoisotopic (exact) mass is 280 g/mol. The first kappa shape index (κ1) is 16.3. The number of nitrogens with one attached hydrogen (secondary N) is 1. The van der Waals surface area contributed by atoms with Gasteiger partial charge in [-0.05, 0) is 64.0 Å². The van der Waals surface area contributed by atoms with Gasteiger partial charge in [-0.15, -0.1) is 0 Å². The maximum Gasteiger partial charge on any atom is 0.00978 e. The Balaban J connectivity index is 1.82. The Morgan fingerprint density at radius 1 is 1.10 bits per heavy atom. The maximum absolute atomic E-state index is 4.03. The second-order valence-electron chi connectivity index (χ2n) is 7.22. The lowest BCUT2D eigenvalue weighted by atomic mass is 9.81. The third-order valence-corrected chi connectivity index (χ3v) is 5.70. The van der Waals surface area contributed by atoms with Crippen LogP contribution in [0.25, 0.3) is 0 Å². The first-order valence-corrected chi connectivity index (χ1v) is 9.23. The van der Waals surface area contributed by atoms with E-state index in [-0.39, 0.29) is 0 Å². The topological polar surface area (TPSA) is 15.3 Å². The third-order valence-electron chi connectivity index (χ3n) is 5.70. The van der Waals surface area contributed by atoms with Gasteiger partial charge in [-0.3, -0.25) is 0 Å². The van der Waals surface area contributed by atoms with E-state index in [9.17, 15) is 0 Å². The fourth-order valence-corrected chi connectivity index (χ4v) is 4.41. The Hall–Kier alpha value is -0.0800. The summed E-state index contributed by atoms with van der Waals surface area (Å²) in [6, 6.07) is 1.50. The molecule has 0 aromatic carbocycles. The third kappa shape index (κ3) is 4.46. The molecule has 2 nitrogen and oxygen atoms in total. The van der Waals surface area contributed by atoms with Crippen LogP contribution in [0.2, 0.25) is 0 Å². The van der Waals surface area contributed by atoms with Crippen LogP contribution in [0.3, 0.4) is 0 Å². The second kappa shape index (κ2) is 8.38. The van der Waals surface area contributed by atoms with Crippen LogP contribution in [0.1, 0.15) is 72.1 Å². The molecule has 2 heteroatoms. The van der Waals surface area contributed by atoms with E-state index >= 15 is 0 Å². The van der Waals surface area contributed by atoms with Gasteiger partial charge in [0.1, 0.15) is 0 Å². The summed E-state index contributed by atoms with van der Waals surface area (Å²) in [5.41, 5.74) is 0. The Morgan fingerprint density at radius 2 is 1.90 bits per heavy atom. The minimum atomic E-state index is 0.701. The van der Waals surface area contributed by atoms with E-state index in [4.69, 9.17) is 0 Å². The summed E-state index contributed by atoms with van der Waals surface area (Å²) in [6.07, 6.45) is 11.2. The number of nitrogens with zero attached hydrogens (tertiary/aromatic N) is 1. The SMILES string of the molecule is CCCN1CCCC(C(C)NC2CCCCC2CC)C1. The molecule has 0 aromatic heterocycles. The fraction of sp³-hybridized carbons (Fsp3) is 1.00. The largest absolute Gasteiger partial charge is 0.311 e. The van der Waals surface area contributed by atoms with Crippen molar-refractivity contribution in [2.45, 2.75) is 84.2 Å². The van der Waals surface area contributed by atoms with Crippen molar-refractivity contribution in [3.05, 3.63) is 0 Å². The van der Waals surface area contributed by atoms with Crippen LogP contribution in [0.15, 0.2) is 0 Å². The van der Waals surface area contributed by atoms with Crippen LogP contribution in [0.5, 0.6) is 0 Å². The molecule has 20 heavy (non-hydrogen) atoms. The van der Waals surface area contributed by atoms with Crippen molar-refractivity contribution >= 4 is 0 Å². The highest BCUT2D eigenvalue weighted by Crippen LogP contribution is 2.28. The van der Waals surface area contributed by atoms with Gasteiger partial charge < -0.3 is 10.2 Å². The summed E-state index contributed by atoms with van der Waals surface area (Å²) in [5, 5.41) is 4.03. The molecule has 1 aliphatic carbocycles. The number of hydrogen-bond acceptors (Lipinski definition) is 2. The van der Waals surface area contributed by atoms with Crippen molar-refractivity contribution < 1.29 is 0 Å². The summed E-state index contributed by atoms with van der Waals surface area (Å²) < 4.78 is 0. The first-order chi connectivity index (χ1) is 9.74. The molecule has 4 unspecified atom stereocenters. The maximum atomic E-state index is 4.03. The van der Waals surface area contributed by atoms with E-state index in [0.717, 1.165) is 17.9 Å². The lowest BCUT2D eigenvalue weighted by Crippen LogP contribution is -2.50. The Labute approximate surface area is 126 Å². The van der Waals surface area contributed by atoms with Crippen LogP contribution < -0.4 is 5.32 Å². The molecule has 2 fully saturated rings. The number of hydrogen-bond donors (Lipinski definition) is 1. The summed E-state index contributed by atoms with van der Waals surface area (Å²) in [6.45, 7) is 11.1. The van der Waals surface area contributed by atoms with E-state index in [1.165, 1.54) is 71.0 Å². The highest BCUT2D eigenvalue weighted by Gasteiger charge is 2.29. The molecule has 2 aliphatic rings. The van der Waals surface area contributed by atoms with Crippen molar-refractivity contribution in [2.24, 2.45) is 11.8 Å². The minimum Gasteiger partial charge on any atom is -0.311 e. The van der Waals surface area contributed by atoms with E-state index in [2.05, 4.69) is 31.0 Å². The lowest BCUT2D eigenvalue weighted by molar-refractivity contribution is 0.134. The van der Waals surface area contributed by atoms with E-state index in [0.29, 0.717) is 6.04 Å². The molecular formula is C18H36N2. The van der Waals surface area contributed by atoms with Gasteiger partial charge in [0.15, 0.2) is 0 Å². The summed E-state index contributed by atoms with van der Waals surface area (Å²) in [7, 11) is 0. The van der Waals surface area contributed by atoms with Crippen LogP contribution in [-0.4, -0.2) is 36.6 Å². The van der Waals surface area contributed by atoms with Crippen LogP contribution in [0, 0.1) is 11.8 Å². The van der Waals surface area contributed by atoms with Gasteiger partial charge in [0.05, 0.1) is 0 Å². The smallest absolute Gasteiger partial charge is 0.00978 e. The zero-order valence-corrected chi connectivity index (χ0v) is 14.0. The molecule has 0 spiro atoms. The van der Waals surface area contributed by atoms with Gasteiger partial charge in [0, 0.05) is 18.6 Å². The highest BCUT2D eigenvalue weighted by atomic mass is 15.1. The normalized spacial score (nSPS) is 34.0. The summed E-state index contributed by atoms with van der Waals surface area (Å²) in [4.78, 5) is 2.69. The average Bonchev–Trinajstić information content (AvgIpc) is 2.48. The Bertz CT molecular complexity index is 264. The highest BCUT2D eigenvalue weighted by molar-refractivity contribution is 4.86. The quantitative estimate of drug-likeness (QED) is 0.789. The number of rotatable bonds is 6. The summed E-state index contributed by atoms with van der Waals surface area (Å²) >= 11 is 0. The zero-order chi connectivity index (χ0) is 14.4. The number of piperidine rings is 1. The number of likely N-dealkylation sites (tertiary alicyclic amines) is 1. The fourth-order valence-electron chi connectivity index (χ4n) is 4.41. The predicted molar refractivity (Wildman–Crippen MR) is 88.1 cm³/mol. The van der Waals surface area contributed by atoms with Gasteiger partial charge in [0.2, 0.25) is 0 Å². The van der Waals surface area contributed by atoms with Crippen molar-refractivity contribution in [3.63, 3.8) is 0 Å². The van der Waals surface area contributed by atoms with Gasteiger partial charge in [-0.2, -0.15) is 0 Å².